The fourth-order valence-electron chi connectivity index (χ4n) is 3.84. The van der Waals surface area contributed by atoms with Gasteiger partial charge in [-0.2, -0.15) is 0 Å². The number of amides is 1. The van der Waals surface area contributed by atoms with Crippen LogP contribution in [0.3, 0.4) is 0 Å². The third-order valence-electron chi connectivity index (χ3n) is 5.28. The number of carbonyl (C=O) groups excluding carboxylic acids is 1. The molecule has 0 spiro atoms. The molecule has 6 nitrogen and oxygen atoms in total. The summed E-state index contributed by atoms with van der Waals surface area (Å²) in [4.78, 5) is 13.7. The molecular weight excluding hydrogens is 390 g/mol. The van der Waals surface area contributed by atoms with E-state index in [4.69, 9.17) is 18.9 Å². The zero-order valence-electron chi connectivity index (χ0n) is 16.0. The van der Waals surface area contributed by atoms with E-state index in [0.717, 1.165) is 38.8 Å². The first-order valence-electron chi connectivity index (χ1n) is 9.21. The van der Waals surface area contributed by atoms with Crippen molar-refractivity contribution in [2.24, 2.45) is 0 Å². The first kappa shape index (κ1) is 17.9. The molecule has 1 atom stereocenters. The molecular formula is C22H19NO5S. The predicted molar refractivity (Wildman–Crippen MR) is 111 cm³/mol. The lowest BCUT2D eigenvalue weighted by Gasteiger charge is -2.24. The number of hydrogen-bond acceptors (Lipinski definition) is 6. The van der Waals surface area contributed by atoms with E-state index < -0.39 is 0 Å². The van der Waals surface area contributed by atoms with Crippen molar-refractivity contribution in [1.29, 1.82) is 0 Å². The van der Waals surface area contributed by atoms with Crippen LogP contribution in [0.2, 0.25) is 0 Å². The molecule has 1 N–H and O–H groups in total. The number of anilines is 1. The number of carbonyl (C=O) groups is 1. The van der Waals surface area contributed by atoms with Crippen LogP contribution in [0, 0.1) is 0 Å². The Balaban J connectivity index is 1.57. The minimum absolute atomic E-state index is 0.000272. The average molecular weight is 409 g/mol. The Morgan fingerprint density at radius 2 is 1.86 bits per heavy atom. The Morgan fingerprint density at radius 1 is 1.03 bits per heavy atom. The molecule has 2 aliphatic heterocycles. The van der Waals surface area contributed by atoms with Crippen molar-refractivity contribution in [2.45, 2.75) is 12.3 Å². The van der Waals surface area contributed by atoms with E-state index in [1.54, 1.807) is 25.6 Å². The van der Waals surface area contributed by atoms with Gasteiger partial charge in [0.2, 0.25) is 12.7 Å². The summed E-state index contributed by atoms with van der Waals surface area (Å²) in [7, 11) is 3.22. The molecule has 1 unspecified atom stereocenters. The van der Waals surface area contributed by atoms with E-state index in [0.29, 0.717) is 17.9 Å². The van der Waals surface area contributed by atoms with E-state index in [-0.39, 0.29) is 18.6 Å². The number of benzene rings is 2. The van der Waals surface area contributed by atoms with Crippen LogP contribution in [-0.2, 0) is 4.79 Å². The van der Waals surface area contributed by atoms with Crippen molar-refractivity contribution in [2.75, 3.05) is 26.3 Å². The summed E-state index contributed by atoms with van der Waals surface area (Å²) in [6.45, 7) is 0.234. The fourth-order valence-corrected chi connectivity index (χ4v) is 5.00. The molecule has 0 saturated carbocycles. The first-order chi connectivity index (χ1) is 14.2. The number of thiophene rings is 1. The molecule has 0 radical (unpaired) electrons. The molecule has 5 rings (SSSR count). The van der Waals surface area contributed by atoms with Gasteiger partial charge in [-0.05, 0) is 35.4 Å². The van der Waals surface area contributed by atoms with E-state index in [9.17, 15) is 4.79 Å². The van der Waals surface area contributed by atoms with Crippen LogP contribution in [-0.4, -0.2) is 26.9 Å². The van der Waals surface area contributed by atoms with Gasteiger partial charge in [0.25, 0.3) is 0 Å². The van der Waals surface area contributed by atoms with Crippen LogP contribution in [0.4, 0.5) is 5.69 Å². The topological polar surface area (TPSA) is 66.0 Å². The van der Waals surface area contributed by atoms with Crippen LogP contribution in [0.25, 0.3) is 11.1 Å². The van der Waals surface area contributed by atoms with E-state index >= 15 is 0 Å². The molecule has 0 bridgehead atoms. The Bertz CT molecular complexity index is 1110. The molecule has 148 valence electrons. The normalized spacial score (nSPS) is 16.9. The third-order valence-corrected chi connectivity index (χ3v) is 6.38. The molecule has 0 saturated heterocycles. The van der Waals surface area contributed by atoms with Crippen molar-refractivity contribution in [3.05, 3.63) is 52.2 Å². The minimum Gasteiger partial charge on any atom is -0.493 e. The maximum absolute atomic E-state index is 12.5. The Hall–Kier alpha value is -3.19. The van der Waals surface area contributed by atoms with Gasteiger partial charge < -0.3 is 24.3 Å². The van der Waals surface area contributed by atoms with Crippen LogP contribution >= 0.6 is 11.3 Å². The monoisotopic (exact) mass is 409 g/mol. The predicted octanol–water partition coefficient (Wildman–Crippen LogP) is 4.64. The summed E-state index contributed by atoms with van der Waals surface area (Å²) >= 11 is 1.65. The molecule has 3 aromatic rings. The molecule has 0 aliphatic carbocycles. The second-order valence-electron chi connectivity index (χ2n) is 6.88. The third kappa shape index (κ3) is 2.98. The Kier molecular flexibility index (Phi) is 4.32. The number of ether oxygens (including phenoxy) is 4. The molecule has 0 fully saturated rings. The maximum Gasteiger partial charge on any atom is 0.231 e. The maximum atomic E-state index is 12.5. The second kappa shape index (κ2) is 7.00. The highest BCUT2D eigenvalue weighted by Gasteiger charge is 2.31. The molecule has 29 heavy (non-hydrogen) atoms. The average Bonchev–Trinajstić information content (AvgIpc) is 3.38. The first-order valence-corrected chi connectivity index (χ1v) is 10.1. The SMILES string of the molecule is COc1ccc(-c2csc3c2NC(=O)CC3c2ccc3c(c2)OCO3)cc1OC. The summed E-state index contributed by atoms with van der Waals surface area (Å²) < 4.78 is 21.7. The van der Waals surface area contributed by atoms with Gasteiger partial charge in [-0.25, -0.2) is 0 Å². The molecule has 7 heteroatoms. The van der Waals surface area contributed by atoms with Crippen LogP contribution in [0.15, 0.2) is 41.8 Å². The highest BCUT2D eigenvalue weighted by Crippen LogP contribution is 2.48. The number of fused-ring (bicyclic) bond motifs is 2. The second-order valence-corrected chi connectivity index (χ2v) is 7.79. The van der Waals surface area contributed by atoms with Crippen LogP contribution in [0.5, 0.6) is 23.0 Å². The number of rotatable bonds is 4. The van der Waals surface area contributed by atoms with Crippen molar-refractivity contribution >= 4 is 22.9 Å². The minimum atomic E-state index is -0.0212. The van der Waals surface area contributed by atoms with Crippen molar-refractivity contribution in [3.63, 3.8) is 0 Å². The summed E-state index contributed by atoms with van der Waals surface area (Å²) in [5.41, 5.74) is 3.85. The quantitative estimate of drug-likeness (QED) is 0.680. The highest BCUT2D eigenvalue weighted by molar-refractivity contribution is 7.11. The molecule has 3 heterocycles. The van der Waals surface area contributed by atoms with Crippen molar-refractivity contribution in [3.8, 4) is 34.1 Å². The number of nitrogens with one attached hydrogen (secondary N) is 1. The lowest BCUT2D eigenvalue weighted by Crippen LogP contribution is -2.22. The van der Waals surface area contributed by atoms with Gasteiger partial charge in [0, 0.05) is 28.2 Å². The Morgan fingerprint density at radius 3 is 2.69 bits per heavy atom. The van der Waals surface area contributed by atoms with Crippen molar-refractivity contribution < 1.29 is 23.7 Å². The standard InChI is InChI=1S/C22H19NO5S/c1-25-16-5-3-13(7-18(16)26-2)15-10-29-22-14(9-20(24)23-21(15)22)12-4-6-17-19(8-12)28-11-27-17/h3-8,10,14H,9,11H2,1-2H3,(H,23,24). The van der Waals surface area contributed by atoms with Gasteiger partial charge >= 0.3 is 0 Å². The molecule has 2 aliphatic rings. The van der Waals surface area contributed by atoms with Gasteiger partial charge in [0.05, 0.1) is 19.9 Å². The summed E-state index contributed by atoms with van der Waals surface area (Å²) in [6.07, 6.45) is 0.401. The largest absolute Gasteiger partial charge is 0.493 e. The van der Waals surface area contributed by atoms with Crippen LogP contribution in [0.1, 0.15) is 22.8 Å². The van der Waals surface area contributed by atoms with E-state index in [1.807, 2.05) is 36.4 Å². The van der Waals surface area contributed by atoms with Gasteiger partial charge in [-0.1, -0.05) is 12.1 Å². The smallest absolute Gasteiger partial charge is 0.231 e. The number of hydrogen-bond donors (Lipinski definition) is 1. The van der Waals surface area contributed by atoms with Crippen molar-refractivity contribution in [1.82, 2.24) is 0 Å². The van der Waals surface area contributed by atoms with Crippen LogP contribution < -0.4 is 24.3 Å². The molecule has 2 aromatic carbocycles. The fraction of sp³-hybridized carbons (Fsp3) is 0.227. The zero-order chi connectivity index (χ0) is 20.0. The summed E-state index contributed by atoms with van der Waals surface area (Å²) in [5.74, 6) is 2.77. The van der Waals surface area contributed by atoms with Gasteiger partial charge in [-0.3, -0.25) is 4.79 Å². The van der Waals surface area contributed by atoms with Gasteiger partial charge in [0.1, 0.15) is 0 Å². The molecule has 1 amide bonds. The summed E-state index contributed by atoms with van der Waals surface area (Å²) in [5, 5.41) is 5.15. The molecule has 1 aromatic heterocycles. The lowest BCUT2D eigenvalue weighted by atomic mass is 9.89. The van der Waals surface area contributed by atoms with E-state index in [1.165, 1.54) is 0 Å². The zero-order valence-corrected chi connectivity index (χ0v) is 16.8. The van der Waals surface area contributed by atoms with Gasteiger partial charge in [-0.15, -0.1) is 11.3 Å². The Labute approximate surface area is 172 Å². The van der Waals surface area contributed by atoms with E-state index in [2.05, 4.69) is 10.7 Å². The highest BCUT2D eigenvalue weighted by atomic mass is 32.1. The lowest BCUT2D eigenvalue weighted by molar-refractivity contribution is -0.116. The van der Waals surface area contributed by atoms with Gasteiger partial charge in [0.15, 0.2) is 23.0 Å². The summed E-state index contributed by atoms with van der Waals surface area (Å²) in [6, 6.07) is 11.7. The number of methoxy groups -OCH3 is 2.